The van der Waals surface area contributed by atoms with Crippen LogP contribution in [0.2, 0.25) is 0 Å². The Morgan fingerprint density at radius 3 is 2.38 bits per heavy atom. The molecule has 3 N–H and O–H groups in total. The molecule has 0 fully saturated rings. The van der Waals surface area contributed by atoms with Crippen molar-refractivity contribution in [2.75, 3.05) is 25.2 Å². The van der Waals surface area contributed by atoms with Crippen molar-refractivity contribution in [2.45, 2.75) is 45.5 Å². The number of alkyl halides is 3. The van der Waals surface area contributed by atoms with E-state index in [0.29, 0.717) is 35.0 Å². The van der Waals surface area contributed by atoms with Crippen LogP contribution in [0.5, 0.6) is 0 Å². The average Bonchev–Trinajstić information content (AvgIpc) is 2.99. The summed E-state index contributed by atoms with van der Waals surface area (Å²) in [6.07, 6.45) is -8.21. The van der Waals surface area contributed by atoms with Gasteiger partial charge in [0.25, 0.3) is 5.91 Å². The molecule has 3 amide bonds. The molecule has 0 bridgehead atoms. The van der Waals surface area contributed by atoms with Crippen molar-refractivity contribution in [3.63, 3.8) is 0 Å². The molecule has 0 spiro atoms. The van der Waals surface area contributed by atoms with Crippen molar-refractivity contribution in [1.29, 1.82) is 0 Å². The van der Waals surface area contributed by atoms with Crippen LogP contribution in [-0.2, 0) is 14.4 Å². The molecule has 0 unspecified atom stereocenters. The second-order valence-electron chi connectivity index (χ2n) is 9.85. The number of fused-ring (bicyclic) bond motifs is 1. The van der Waals surface area contributed by atoms with Crippen molar-refractivity contribution in [3.05, 3.63) is 65.7 Å². The molecule has 0 radical (unpaired) electrons. The van der Waals surface area contributed by atoms with Gasteiger partial charge in [-0.2, -0.15) is 13.2 Å². The Hall–Kier alpha value is -3.73. The van der Waals surface area contributed by atoms with E-state index in [-0.39, 0.29) is 6.67 Å². The van der Waals surface area contributed by atoms with E-state index in [4.69, 9.17) is 0 Å². The molecule has 0 aromatic heterocycles. The fraction of sp³-hybridized carbons (Fsp3) is 0.429. The van der Waals surface area contributed by atoms with E-state index < -0.39 is 55.2 Å². The predicted molar refractivity (Wildman–Crippen MR) is 143 cm³/mol. The number of aliphatic imine (C=N–C) groups is 1. The van der Waals surface area contributed by atoms with Crippen LogP contribution in [0.4, 0.5) is 18.9 Å². The summed E-state index contributed by atoms with van der Waals surface area (Å²) in [5.41, 5.74) is 2.39. The van der Waals surface area contributed by atoms with Crippen LogP contribution in [0, 0.1) is 11.8 Å². The third-order valence-corrected chi connectivity index (χ3v) is 6.21. The summed E-state index contributed by atoms with van der Waals surface area (Å²) in [6.45, 7) is 4.74. The van der Waals surface area contributed by atoms with Gasteiger partial charge in [0.15, 0.2) is 0 Å². The number of benzodiazepines with no additional fused rings is 1. The Balaban J connectivity index is 1.84. The highest BCUT2D eigenvalue weighted by atomic mass is 19.4. The third kappa shape index (κ3) is 8.64. The van der Waals surface area contributed by atoms with Gasteiger partial charge in [-0.3, -0.25) is 19.7 Å². The largest absolute Gasteiger partial charge is 0.389 e. The maximum absolute atomic E-state index is 13.3. The van der Waals surface area contributed by atoms with Crippen molar-refractivity contribution in [1.82, 2.24) is 16.0 Å². The second kappa shape index (κ2) is 13.4. The molecule has 0 saturated heterocycles. The highest BCUT2D eigenvalue weighted by molar-refractivity contribution is 6.20. The molecule has 39 heavy (non-hydrogen) atoms. The Bertz CT molecular complexity index is 1180. The first kappa shape index (κ1) is 29.8. The lowest BCUT2D eigenvalue weighted by molar-refractivity contribution is -0.144. The molecule has 210 valence electrons. The number of halogens is 3. The first-order valence-electron chi connectivity index (χ1n) is 12.8. The number of hydrogen-bond donors (Lipinski definition) is 3. The molecule has 11 heteroatoms. The number of amides is 3. The SMILES string of the molecule is CC(C)CNCNC(=O)C[C@@H](CCC(F)(F)F)C(=O)N[C@H]1N=C(c2ccccc2)c2ccccc2N(C)C1=O. The van der Waals surface area contributed by atoms with Gasteiger partial charge in [0, 0.05) is 36.9 Å². The molecule has 1 aliphatic rings. The Labute approximate surface area is 226 Å². The van der Waals surface area contributed by atoms with Crippen LogP contribution in [0.3, 0.4) is 0 Å². The average molecular weight is 546 g/mol. The maximum Gasteiger partial charge on any atom is 0.389 e. The molecule has 2 aromatic rings. The van der Waals surface area contributed by atoms with E-state index in [1.807, 2.05) is 44.2 Å². The van der Waals surface area contributed by atoms with Gasteiger partial charge in [-0.1, -0.05) is 62.4 Å². The fourth-order valence-corrected chi connectivity index (χ4v) is 4.18. The molecule has 1 heterocycles. The van der Waals surface area contributed by atoms with E-state index in [0.717, 1.165) is 0 Å². The summed E-state index contributed by atoms with van der Waals surface area (Å²) < 4.78 is 39.1. The summed E-state index contributed by atoms with van der Waals surface area (Å²) in [7, 11) is 1.54. The molecule has 2 aromatic carbocycles. The normalized spacial score (nSPS) is 16.3. The van der Waals surface area contributed by atoms with Gasteiger partial charge in [0.05, 0.1) is 18.1 Å². The zero-order valence-electron chi connectivity index (χ0n) is 22.2. The standard InChI is InChI=1S/C28H34F3N5O3/c1-18(2)16-32-17-33-23(37)15-20(13-14-28(29,30)31)26(38)35-25-27(39)36(3)22-12-8-7-11-21(22)24(34-25)19-9-5-4-6-10-19/h4-12,18,20,25,32H,13-17H2,1-3H3,(H,33,37)(H,35,38)/t20-,25-/m1/s1. The molecule has 0 aliphatic carbocycles. The predicted octanol–water partition coefficient (Wildman–Crippen LogP) is 3.61. The smallest absolute Gasteiger partial charge is 0.344 e. The lowest BCUT2D eigenvalue weighted by Gasteiger charge is -2.23. The minimum atomic E-state index is -4.51. The number of benzene rings is 2. The summed E-state index contributed by atoms with van der Waals surface area (Å²) in [5, 5.41) is 8.10. The topological polar surface area (TPSA) is 103 Å². The van der Waals surface area contributed by atoms with Crippen LogP contribution in [0.15, 0.2) is 59.6 Å². The van der Waals surface area contributed by atoms with Gasteiger partial charge in [-0.15, -0.1) is 0 Å². The van der Waals surface area contributed by atoms with Crippen molar-refractivity contribution in [3.8, 4) is 0 Å². The third-order valence-electron chi connectivity index (χ3n) is 6.21. The lowest BCUT2D eigenvalue weighted by Crippen LogP contribution is -2.48. The number of anilines is 1. The Morgan fingerprint density at radius 1 is 1.05 bits per heavy atom. The zero-order chi connectivity index (χ0) is 28.6. The van der Waals surface area contributed by atoms with E-state index >= 15 is 0 Å². The highest BCUT2D eigenvalue weighted by Crippen LogP contribution is 2.28. The van der Waals surface area contributed by atoms with Gasteiger partial charge in [0.2, 0.25) is 18.0 Å². The Kier molecular flexibility index (Phi) is 10.2. The highest BCUT2D eigenvalue weighted by Gasteiger charge is 2.35. The number of nitrogens with one attached hydrogen (secondary N) is 3. The fourth-order valence-electron chi connectivity index (χ4n) is 4.18. The quantitative estimate of drug-likeness (QED) is 0.297. The zero-order valence-corrected chi connectivity index (χ0v) is 22.2. The minimum Gasteiger partial charge on any atom is -0.344 e. The van der Waals surface area contributed by atoms with Gasteiger partial charge in [0.1, 0.15) is 0 Å². The van der Waals surface area contributed by atoms with Crippen LogP contribution in [0.1, 0.15) is 44.2 Å². The van der Waals surface area contributed by atoms with Crippen LogP contribution < -0.4 is 20.9 Å². The molecule has 3 rings (SSSR count). The van der Waals surface area contributed by atoms with Crippen LogP contribution in [-0.4, -0.2) is 56.0 Å². The molecular weight excluding hydrogens is 511 g/mol. The van der Waals surface area contributed by atoms with Crippen molar-refractivity contribution < 1.29 is 27.6 Å². The van der Waals surface area contributed by atoms with Gasteiger partial charge < -0.3 is 15.5 Å². The molecular formula is C28H34F3N5O3. The first-order valence-corrected chi connectivity index (χ1v) is 12.8. The number of nitrogens with zero attached hydrogens (tertiary/aromatic N) is 2. The summed E-state index contributed by atoms with van der Waals surface area (Å²) in [5.74, 6) is -2.94. The summed E-state index contributed by atoms with van der Waals surface area (Å²) in [4.78, 5) is 45.0. The minimum absolute atomic E-state index is 0.125. The van der Waals surface area contributed by atoms with Crippen LogP contribution in [0.25, 0.3) is 0 Å². The van der Waals surface area contributed by atoms with E-state index in [1.165, 1.54) is 4.90 Å². The number of carbonyl (C=O) groups is 3. The number of para-hydroxylation sites is 1. The number of carbonyl (C=O) groups excluding carboxylic acids is 3. The van der Waals surface area contributed by atoms with Crippen LogP contribution >= 0.6 is 0 Å². The molecule has 1 aliphatic heterocycles. The number of hydrogen-bond acceptors (Lipinski definition) is 5. The molecule has 8 nitrogen and oxygen atoms in total. The van der Waals surface area contributed by atoms with Crippen molar-refractivity contribution in [2.24, 2.45) is 16.8 Å². The van der Waals surface area contributed by atoms with Gasteiger partial charge in [-0.05, 0) is 24.9 Å². The summed E-state index contributed by atoms with van der Waals surface area (Å²) >= 11 is 0. The van der Waals surface area contributed by atoms with E-state index in [1.54, 1.807) is 31.3 Å². The Morgan fingerprint density at radius 2 is 1.72 bits per heavy atom. The lowest BCUT2D eigenvalue weighted by atomic mass is 9.97. The van der Waals surface area contributed by atoms with Crippen molar-refractivity contribution >= 4 is 29.1 Å². The van der Waals surface area contributed by atoms with E-state index in [9.17, 15) is 27.6 Å². The van der Waals surface area contributed by atoms with E-state index in [2.05, 4.69) is 20.9 Å². The summed E-state index contributed by atoms with van der Waals surface area (Å²) in [6, 6.07) is 16.2. The van der Waals surface area contributed by atoms with Gasteiger partial charge in [-0.25, -0.2) is 4.99 Å². The maximum atomic E-state index is 13.3. The number of rotatable bonds is 11. The molecule has 0 saturated carbocycles. The van der Waals surface area contributed by atoms with Gasteiger partial charge >= 0.3 is 6.18 Å². The first-order chi connectivity index (χ1) is 18.5. The second-order valence-corrected chi connectivity index (χ2v) is 9.85. The monoisotopic (exact) mass is 545 g/mol. The number of likely N-dealkylation sites (N-methyl/N-ethyl adjacent to an activating group) is 1. The molecule has 2 atom stereocenters.